The van der Waals surface area contributed by atoms with Crippen molar-refractivity contribution in [3.63, 3.8) is 0 Å². The van der Waals surface area contributed by atoms with Crippen molar-refractivity contribution in [2.24, 2.45) is 0 Å². The number of hydrogen-bond acceptors (Lipinski definition) is 5. The average Bonchev–Trinajstić information content (AvgIpc) is 3.05. The van der Waals surface area contributed by atoms with Crippen LogP contribution in [-0.2, 0) is 4.79 Å². The molecule has 1 amide bonds. The monoisotopic (exact) mass is 377 g/mol. The highest BCUT2D eigenvalue weighted by Crippen LogP contribution is 2.25. The highest BCUT2D eigenvalue weighted by atomic mass is 35.5. The van der Waals surface area contributed by atoms with Crippen LogP contribution >= 0.6 is 23.4 Å². The maximum absolute atomic E-state index is 13.0. The average molecular weight is 378 g/mol. The first-order valence-corrected chi connectivity index (χ1v) is 8.66. The molecule has 5 nitrogen and oxygen atoms in total. The smallest absolute Gasteiger partial charge is 0.277 e. The number of hydrogen-bond donors (Lipinski definition) is 1. The molecule has 0 atom stereocenters. The van der Waals surface area contributed by atoms with Crippen LogP contribution in [0.3, 0.4) is 0 Å². The fraction of sp³-hybridized carbons (Fsp3) is 0.118. The molecule has 1 N–H and O–H groups in total. The van der Waals surface area contributed by atoms with Crippen molar-refractivity contribution >= 4 is 35.0 Å². The molecule has 0 aliphatic heterocycles. The summed E-state index contributed by atoms with van der Waals surface area (Å²) < 4.78 is 18.5. The number of amides is 1. The first-order chi connectivity index (χ1) is 12.0. The molecule has 0 spiro atoms. The third-order valence-corrected chi connectivity index (χ3v) is 4.33. The molecule has 1 aromatic heterocycles. The Morgan fingerprint density at radius 1 is 1.28 bits per heavy atom. The topological polar surface area (TPSA) is 68.0 Å². The zero-order valence-corrected chi connectivity index (χ0v) is 14.7. The lowest BCUT2D eigenvalue weighted by atomic mass is 10.1. The van der Waals surface area contributed by atoms with E-state index in [1.807, 2.05) is 31.2 Å². The van der Waals surface area contributed by atoms with Gasteiger partial charge in [0, 0.05) is 5.56 Å². The van der Waals surface area contributed by atoms with Gasteiger partial charge in [0.2, 0.25) is 11.8 Å². The van der Waals surface area contributed by atoms with Crippen molar-refractivity contribution < 1.29 is 13.6 Å². The number of carbonyl (C=O) groups is 1. The van der Waals surface area contributed by atoms with Crippen molar-refractivity contribution in [3.8, 4) is 11.5 Å². The number of rotatable bonds is 5. The summed E-state index contributed by atoms with van der Waals surface area (Å²) in [7, 11) is 0. The molecule has 8 heteroatoms. The molecule has 0 radical (unpaired) electrons. The number of carbonyl (C=O) groups excluding carboxylic acids is 1. The van der Waals surface area contributed by atoms with Gasteiger partial charge < -0.3 is 9.73 Å². The van der Waals surface area contributed by atoms with Crippen LogP contribution in [0.1, 0.15) is 5.56 Å². The number of nitrogens with one attached hydrogen (secondary N) is 1. The summed E-state index contributed by atoms with van der Waals surface area (Å²) in [5, 5.41) is 10.9. The summed E-state index contributed by atoms with van der Waals surface area (Å²) >= 11 is 6.98. The van der Waals surface area contributed by atoms with Gasteiger partial charge in [-0.3, -0.25) is 4.79 Å². The van der Waals surface area contributed by atoms with Crippen molar-refractivity contribution in [1.82, 2.24) is 10.2 Å². The molecular weight excluding hydrogens is 365 g/mol. The SMILES string of the molecule is Cc1cccc(-c2nnc(SCC(=O)Nc3ccc(F)cc3Cl)o2)c1. The molecule has 0 aliphatic carbocycles. The third kappa shape index (κ3) is 4.58. The number of aryl methyl sites for hydroxylation is 1. The molecule has 25 heavy (non-hydrogen) atoms. The second-order valence-corrected chi connectivity index (χ2v) is 6.54. The van der Waals surface area contributed by atoms with E-state index in [2.05, 4.69) is 15.5 Å². The van der Waals surface area contributed by atoms with E-state index in [1.165, 1.54) is 12.1 Å². The van der Waals surface area contributed by atoms with Crippen LogP contribution in [0.25, 0.3) is 11.5 Å². The van der Waals surface area contributed by atoms with Crippen molar-refractivity contribution in [2.75, 3.05) is 11.1 Å². The van der Waals surface area contributed by atoms with E-state index in [9.17, 15) is 9.18 Å². The fourth-order valence-corrected chi connectivity index (χ4v) is 2.84. The Balaban J connectivity index is 1.59. The van der Waals surface area contributed by atoms with E-state index < -0.39 is 5.82 Å². The summed E-state index contributed by atoms with van der Waals surface area (Å²) in [4.78, 5) is 12.0. The summed E-state index contributed by atoms with van der Waals surface area (Å²) in [6.07, 6.45) is 0. The minimum Gasteiger partial charge on any atom is -0.411 e. The lowest BCUT2D eigenvalue weighted by Gasteiger charge is -2.06. The predicted octanol–water partition coefficient (Wildman–Crippen LogP) is 4.57. The summed E-state index contributed by atoms with van der Waals surface area (Å²) in [6, 6.07) is 11.4. The standard InChI is InChI=1S/C17H13ClFN3O2S/c1-10-3-2-4-11(7-10)16-21-22-17(24-16)25-9-15(23)20-14-6-5-12(19)8-13(14)18/h2-8H,9H2,1H3,(H,20,23). The van der Waals surface area contributed by atoms with Gasteiger partial charge in [-0.2, -0.15) is 0 Å². The van der Waals surface area contributed by atoms with Gasteiger partial charge in [0.05, 0.1) is 16.5 Å². The summed E-state index contributed by atoms with van der Waals surface area (Å²) in [5.74, 6) is -0.322. The van der Waals surface area contributed by atoms with E-state index >= 15 is 0 Å². The fourth-order valence-electron chi connectivity index (χ4n) is 2.07. The van der Waals surface area contributed by atoms with Gasteiger partial charge in [0.1, 0.15) is 5.82 Å². The van der Waals surface area contributed by atoms with Gasteiger partial charge in [-0.05, 0) is 37.3 Å². The third-order valence-electron chi connectivity index (χ3n) is 3.20. The van der Waals surface area contributed by atoms with Crippen LogP contribution < -0.4 is 5.32 Å². The molecule has 2 aromatic carbocycles. The van der Waals surface area contributed by atoms with E-state index in [-0.39, 0.29) is 21.9 Å². The predicted molar refractivity (Wildman–Crippen MR) is 95.2 cm³/mol. The molecule has 1 heterocycles. The maximum atomic E-state index is 13.0. The van der Waals surface area contributed by atoms with E-state index in [1.54, 1.807) is 0 Å². The first-order valence-electron chi connectivity index (χ1n) is 7.29. The Labute approximate surface area is 152 Å². The summed E-state index contributed by atoms with van der Waals surface area (Å²) in [6.45, 7) is 1.97. The van der Waals surface area contributed by atoms with Gasteiger partial charge in [0.15, 0.2) is 0 Å². The number of halogens is 2. The largest absolute Gasteiger partial charge is 0.411 e. The molecule has 128 valence electrons. The van der Waals surface area contributed by atoms with Crippen LogP contribution in [0.15, 0.2) is 52.1 Å². The quantitative estimate of drug-likeness (QED) is 0.660. The Morgan fingerprint density at radius 2 is 2.12 bits per heavy atom. The number of aromatic nitrogens is 2. The summed E-state index contributed by atoms with van der Waals surface area (Å²) in [5.41, 5.74) is 2.25. The number of nitrogens with zero attached hydrogens (tertiary/aromatic N) is 2. The van der Waals surface area contributed by atoms with Gasteiger partial charge in [-0.15, -0.1) is 10.2 Å². The van der Waals surface area contributed by atoms with Crippen LogP contribution in [0.4, 0.5) is 10.1 Å². The van der Waals surface area contributed by atoms with E-state index in [0.717, 1.165) is 29.0 Å². The van der Waals surface area contributed by atoms with Crippen LogP contribution in [0, 0.1) is 12.7 Å². The molecule has 3 rings (SSSR count). The highest BCUT2D eigenvalue weighted by Gasteiger charge is 2.12. The zero-order valence-electron chi connectivity index (χ0n) is 13.1. The second kappa shape index (κ2) is 7.67. The molecule has 0 bridgehead atoms. The van der Waals surface area contributed by atoms with Gasteiger partial charge >= 0.3 is 0 Å². The minimum atomic E-state index is -0.466. The maximum Gasteiger partial charge on any atom is 0.277 e. The van der Waals surface area contributed by atoms with Gasteiger partial charge in [-0.1, -0.05) is 41.1 Å². The molecule has 3 aromatic rings. The lowest BCUT2D eigenvalue weighted by Crippen LogP contribution is -2.14. The van der Waals surface area contributed by atoms with E-state index in [4.69, 9.17) is 16.0 Å². The van der Waals surface area contributed by atoms with Gasteiger partial charge in [0.25, 0.3) is 5.22 Å². The Morgan fingerprint density at radius 3 is 2.88 bits per heavy atom. The Hall–Kier alpha value is -2.38. The van der Waals surface area contributed by atoms with Crippen LogP contribution in [-0.4, -0.2) is 21.9 Å². The van der Waals surface area contributed by atoms with Crippen LogP contribution in [0.2, 0.25) is 5.02 Å². The normalized spacial score (nSPS) is 10.7. The minimum absolute atomic E-state index is 0.0587. The molecular formula is C17H13ClFN3O2S. The molecule has 0 saturated carbocycles. The van der Waals surface area contributed by atoms with Crippen LogP contribution in [0.5, 0.6) is 0 Å². The highest BCUT2D eigenvalue weighted by molar-refractivity contribution is 7.99. The molecule has 0 aliphatic rings. The van der Waals surface area contributed by atoms with E-state index in [0.29, 0.717) is 11.6 Å². The Bertz CT molecular complexity index is 916. The molecule has 0 unspecified atom stereocenters. The number of benzene rings is 2. The van der Waals surface area contributed by atoms with Gasteiger partial charge in [-0.25, -0.2) is 4.39 Å². The first kappa shape index (κ1) is 17.4. The number of anilines is 1. The van der Waals surface area contributed by atoms with Crippen molar-refractivity contribution in [2.45, 2.75) is 12.1 Å². The number of thioether (sulfide) groups is 1. The Kier molecular flexibility index (Phi) is 5.35. The zero-order chi connectivity index (χ0) is 17.8. The molecule has 0 saturated heterocycles. The lowest BCUT2D eigenvalue weighted by molar-refractivity contribution is -0.113. The molecule has 0 fully saturated rings. The second-order valence-electron chi connectivity index (χ2n) is 5.20. The van der Waals surface area contributed by atoms with Crippen molar-refractivity contribution in [3.05, 3.63) is 58.9 Å². The van der Waals surface area contributed by atoms with Crippen molar-refractivity contribution in [1.29, 1.82) is 0 Å².